The average molecular weight is 285 g/mol. The summed E-state index contributed by atoms with van der Waals surface area (Å²) < 4.78 is 0. The molecule has 0 radical (unpaired) electrons. The number of benzene rings is 3. The fourth-order valence-corrected chi connectivity index (χ4v) is 3.31. The lowest BCUT2D eigenvalue weighted by Crippen LogP contribution is -2.14. The second-order valence-corrected chi connectivity index (χ2v) is 6.03. The highest BCUT2D eigenvalue weighted by Gasteiger charge is 2.14. The molecule has 4 rings (SSSR count). The highest BCUT2D eigenvalue weighted by Crippen LogP contribution is 2.35. The molecule has 0 N–H and O–H groups in total. The van der Waals surface area contributed by atoms with Crippen LogP contribution in [0.15, 0.2) is 78.5 Å². The Morgan fingerprint density at radius 2 is 1.55 bits per heavy atom. The number of allylic oxidation sites excluding steroid dienone is 3. The van der Waals surface area contributed by atoms with Crippen LogP contribution < -0.4 is 4.90 Å². The lowest BCUT2D eigenvalue weighted by atomic mass is 9.99. The second-order valence-electron chi connectivity index (χ2n) is 6.03. The van der Waals surface area contributed by atoms with Gasteiger partial charge in [0.05, 0.1) is 0 Å². The first-order valence-corrected chi connectivity index (χ1v) is 7.78. The maximum absolute atomic E-state index is 2.31. The molecule has 0 amide bonds. The lowest BCUT2D eigenvalue weighted by molar-refractivity contribution is 0.949. The van der Waals surface area contributed by atoms with E-state index in [1.54, 1.807) is 0 Å². The van der Waals surface area contributed by atoms with Crippen molar-refractivity contribution in [3.63, 3.8) is 0 Å². The molecule has 0 heterocycles. The summed E-state index contributed by atoms with van der Waals surface area (Å²) >= 11 is 0. The molecule has 3 aromatic rings. The van der Waals surface area contributed by atoms with Crippen molar-refractivity contribution < 1.29 is 0 Å². The summed E-state index contributed by atoms with van der Waals surface area (Å²) in [6.45, 7) is 2.22. The minimum Gasteiger partial charge on any atom is -0.344 e. The Bertz CT molecular complexity index is 917. The van der Waals surface area contributed by atoms with Gasteiger partial charge >= 0.3 is 0 Å². The lowest BCUT2D eigenvalue weighted by Gasteiger charge is -2.22. The number of likely N-dealkylation sites (N-methyl/N-ethyl adjacent to an activating group) is 1. The fraction of sp³-hybridized carbons (Fsp3) is 0.143. The van der Waals surface area contributed by atoms with E-state index in [1.807, 2.05) is 0 Å². The SMILES string of the molecule is CC1C=CC(N(C)c2cc3ccccc3c3ccccc23)=C1. The van der Waals surface area contributed by atoms with Gasteiger partial charge in [-0.1, -0.05) is 67.6 Å². The summed E-state index contributed by atoms with van der Waals surface area (Å²) in [5.41, 5.74) is 2.53. The van der Waals surface area contributed by atoms with Crippen molar-refractivity contribution >= 4 is 27.2 Å². The van der Waals surface area contributed by atoms with Crippen LogP contribution in [0.1, 0.15) is 6.92 Å². The summed E-state index contributed by atoms with van der Waals surface area (Å²) in [7, 11) is 2.16. The van der Waals surface area contributed by atoms with Crippen LogP contribution in [0.5, 0.6) is 0 Å². The van der Waals surface area contributed by atoms with Gasteiger partial charge in [-0.25, -0.2) is 0 Å². The van der Waals surface area contributed by atoms with Crippen molar-refractivity contribution in [2.45, 2.75) is 6.92 Å². The molecule has 0 fully saturated rings. The van der Waals surface area contributed by atoms with Crippen molar-refractivity contribution in [3.05, 3.63) is 78.5 Å². The van der Waals surface area contributed by atoms with E-state index >= 15 is 0 Å². The number of rotatable bonds is 2. The van der Waals surface area contributed by atoms with Gasteiger partial charge in [0, 0.05) is 23.8 Å². The zero-order chi connectivity index (χ0) is 15.1. The van der Waals surface area contributed by atoms with Crippen molar-refractivity contribution in [2.24, 2.45) is 5.92 Å². The molecule has 108 valence electrons. The molecule has 22 heavy (non-hydrogen) atoms. The molecule has 0 bridgehead atoms. The van der Waals surface area contributed by atoms with Gasteiger partial charge < -0.3 is 4.90 Å². The molecule has 0 aliphatic heterocycles. The molecule has 1 heteroatoms. The Labute approximate surface area is 131 Å². The Balaban J connectivity index is 2.00. The predicted molar refractivity (Wildman–Crippen MR) is 96.2 cm³/mol. The van der Waals surface area contributed by atoms with E-state index in [-0.39, 0.29) is 0 Å². The van der Waals surface area contributed by atoms with E-state index in [0.29, 0.717) is 5.92 Å². The summed E-state index contributed by atoms with van der Waals surface area (Å²) in [5, 5.41) is 5.23. The van der Waals surface area contributed by atoms with Crippen LogP contribution in [0.25, 0.3) is 21.5 Å². The highest BCUT2D eigenvalue weighted by molar-refractivity contribution is 6.13. The summed E-state index contributed by atoms with van der Waals surface area (Å²) in [5.74, 6) is 0.518. The maximum Gasteiger partial charge on any atom is 0.0494 e. The summed E-state index contributed by atoms with van der Waals surface area (Å²) in [4.78, 5) is 2.30. The largest absolute Gasteiger partial charge is 0.344 e. The number of hydrogen-bond donors (Lipinski definition) is 0. The van der Waals surface area contributed by atoms with Gasteiger partial charge in [-0.05, 0) is 34.2 Å². The first-order valence-electron chi connectivity index (χ1n) is 7.78. The van der Waals surface area contributed by atoms with Crippen LogP contribution in [-0.4, -0.2) is 7.05 Å². The molecule has 1 aliphatic rings. The number of fused-ring (bicyclic) bond motifs is 3. The topological polar surface area (TPSA) is 3.24 Å². The quantitative estimate of drug-likeness (QED) is 0.560. The average Bonchev–Trinajstić information content (AvgIpc) is 3.00. The molecule has 3 aromatic carbocycles. The third-order valence-corrected chi connectivity index (χ3v) is 4.50. The van der Waals surface area contributed by atoms with Gasteiger partial charge in [-0.3, -0.25) is 0 Å². The van der Waals surface area contributed by atoms with Gasteiger partial charge in [0.25, 0.3) is 0 Å². The molecule has 0 saturated heterocycles. The summed E-state index contributed by atoms with van der Waals surface area (Å²) in [6.07, 6.45) is 6.77. The Morgan fingerprint density at radius 1 is 0.864 bits per heavy atom. The monoisotopic (exact) mass is 285 g/mol. The van der Waals surface area contributed by atoms with Gasteiger partial charge in [0.1, 0.15) is 0 Å². The van der Waals surface area contributed by atoms with Crippen LogP contribution >= 0.6 is 0 Å². The Kier molecular flexibility index (Phi) is 3.00. The molecule has 1 atom stereocenters. The van der Waals surface area contributed by atoms with E-state index in [1.165, 1.54) is 32.9 Å². The van der Waals surface area contributed by atoms with Crippen LogP contribution in [0.3, 0.4) is 0 Å². The second kappa shape index (κ2) is 5.03. The third-order valence-electron chi connectivity index (χ3n) is 4.50. The molecule has 1 nitrogen and oxygen atoms in total. The number of hydrogen-bond acceptors (Lipinski definition) is 1. The fourth-order valence-electron chi connectivity index (χ4n) is 3.31. The summed E-state index contributed by atoms with van der Waals surface area (Å²) in [6, 6.07) is 19.6. The van der Waals surface area contributed by atoms with E-state index < -0.39 is 0 Å². The van der Waals surface area contributed by atoms with Crippen molar-refractivity contribution in [1.29, 1.82) is 0 Å². The van der Waals surface area contributed by atoms with Crippen molar-refractivity contribution in [3.8, 4) is 0 Å². The molecule has 0 saturated carbocycles. The molecule has 1 unspecified atom stereocenters. The van der Waals surface area contributed by atoms with Crippen LogP contribution in [0, 0.1) is 5.92 Å². The number of anilines is 1. The van der Waals surface area contributed by atoms with Crippen LogP contribution in [0.4, 0.5) is 5.69 Å². The van der Waals surface area contributed by atoms with E-state index in [9.17, 15) is 0 Å². The van der Waals surface area contributed by atoms with Gasteiger partial charge in [-0.15, -0.1) is 0 Å². The minimum atomic E-state index is 0.518. The van der Waals surface area contributed by atoms with Crippen molar-refractivity contribution in [1.82, 2.24) is 0 Å². The minimum absolute atomic E-state index is 0.518. The normalized spacial score (nSPS) is 17.2. The molecule has 1 aliphatic carbocycles. The zero-order valence-corrected chi connectivity index (χ0v) is 13.0. The van der Waals surface area contributed by atoms with E-state index in [2.05, 4.69) is 91.7 Å². The van der Waals surface area contributed by atoms with E-state index in [0.717, 1.165) is 0 Å². The van der Waals surface area contributed by atoms with Gasteiger partial charge in [0.15, 0.2) is 0 Å². The third kappa shape index (κ3) is 2.01. The van der Waals surface area contributed by atoms with Crippen LogP contribution in [0.2, 0.25) is 0 Å². The first-order chi connectivity index (χ1) is 10.7. The molecule has 0 aromatic heterocycles. The molecule has 0 spiro atoms. The van der Waals surface area contributed by atoms with Gasteiger partial charge in [0.2, 0.25) is 0 Å². The first kappa shape index (κ1) is 13.1. The molecular formula is C21H19N. The van der Waals surface area contributed by atoms with Gasteiger partial charge in [-0.2, -0.15) is 0 Å². The molecular weight excluding hydrogens is 266 g/mol. The Hall–Kier alpha value is -2.54. The number of nitrogens with zero attached hydrogens (tertiary/aromatic N) is 1. The standard InChI is InChI=1S/C21H19N/c1-15-11-12-17(13-15)22(2)21-14-16-7-3-4-8-18(16)19-9-5-6-10-20(19)21/h3-15H,1-2H3. The Morgan fingerprint density at radius 3 is 2.27 bits per heavy atom. The maximum atomic E-state index is 2.31. The van der Waals surface area contributed by atoms with Crippen molar-refractivity contribution in [2.75, 3.05) is 11.9 Å². The predicted octanol–water partition coefficient (Wildman–Crippen LogP) is 5.52. The van der Waals surface area contributed by atoms with E-state index in [4.69, 9.17) is 0 Å². The highest BCUT2D eigenvalue weighted by atomic mass is 15.1. The zero-order valence-electron chi connectivity index (χ0n) is 13.0. The van der Waals surface area contributed by atoms with Crippen LogP contribution in [-0.2, 0) is 0 Å². The smallest absolute Gasteiger partial charge is 0.0494 e.